The molecule has 0 aromatic heterocycles. The van der Waals surface area contributed by atoms with E-state index in [1.165, 1.54) is 13.2 Å². The lowest BCUT2D eigenvalue weighted by atomic mass is 9.95. The molecule has 1 aromatic carbocycles. The van der Waals surface area contributed by atoms with Gasteiger partial charge in [-0.1, -0.05) is 6.07 Å². The molecule has 0 saturated heterocycles. The molecule has 1 heterocycles. The predicted molar refractivity (Wildman–Crippen MR) is 89.2 cm³/mol. The number of phenols is 1. The fourth-order valence-electron chi connectivity index (χ4n) is 2.49. The molecule has 1 unspecified atom stereocenters. The van der Waals surface area contributed by atoms with Crippen LogP contribution in [0.15, 0.2) is 29.5 Å². The number of urea groups is 1. The second-order valence-corrected chi connectivity index (χ2v) is 5.36. The van der Waals surface area contributed by atoms with Crippen molar-refractivity contribution in [1.29, 1.82) is 0 Å². The van der Waals surface area contributed by atoms with Crippen LogP contribution in [0.3, 0.4) is 0 Å². The molecule has 2 rings (SSSR count). The van der Waals surface area contributed by atoms with Crippen LogP contribution in [0.5, 0.6) is 11.5 Å². The van der Waals surface area contributed by atoms with Gasteiger partial charge in [0.05, 0.1) is 24.8 Å². The van der Waals surface area contributed by atoms with Crippen molar-refractivity contribution in [1.82, 2.24) is 10.6 Å². The normalized spacial score (nSPS) is 16.9. The van der Waals surface area contributed by atoms with Gasteiger partial charge in [-0.3, -0.25) is 0 Å². The minimum atomic E-state index is -0.719. The lowest BCUT2D eigenvalue weighted by Crippen LogP contribution is -2.45. The Balaban J connectivity index is 2.35. The van der Waals surface area contributed by atoms with Gasteiger partial charge in [0.25, 0.3) is 0 Å². The lowest BCUT2D eigenvalue weighted by molar-refractivity contribution is -0.140. The van der Waals surface area contributed by atoms with Gasteiger partial charge in [0.2, 0.25) is 0 Å². The van der Waals surface area contributed by atoms with Crippen molar-refractivity contribution in [3.8, 4) is 11.5 Å². The van der Waals surface area contributed by atoms with Crippen molar-refractivity contribution < 1.29 is 28.9 Å². The summed E-state index contributed by atoms with van der Waals surface area (Å²) < 4.78 is 15.4. The van der Waals surface area contributed by atoms with Gasteiger partial charge in [-0.2, -0.15) is 0 Å². The van der Waals surface area contributed by atoms with Crippen LogP contribution in [0, 0.1) is 0 Å². The number of rotatable bonds is 7. The van der Waals surface area contributed by atoms with Crippen molar-refractivity contribution in [2.45, 2.75) is 19.9 Å². The summed E-state index contributed by atoms with van der Waals surface area (Å²) in [6, 6.07) is 3.51. The first-order valence-corrected chi connectivity index (χ1v) is 7.88. The summed E-state index contributed by atoms with van der Waals surface area (Å²) in [5.74, 6) is -0.300. The average molecular weight is 350 g/mol. The van der Waals surface area contributed by atoms with Crippen molar-refractivity contribution in [2.24, 2.45) is 0 Å². The number of benzene rings is 1. The summed E-state index contributed by atoms with van der Waals surface area (Å²) in [5, 5.41) is 15.1. The van der Waals surface area contributed by atoms with E-state index in [0.29, 0.717) is 17.9 Å². The number of carbonyl (C=O) groups is 2. The smallest absolute Gasteiger partial charge is 0.338 e. The number of ether oxygens (including phenoxy) is 3. The number of allylic oxidation sites excluding steroid dienone is 1. The Bertz CT molecular complexity index is 686. The van der Waals surface area contributed by atoms with Gasteiger partial charge in [0, 0.05) is 12.8 Å². The van der Waals surface area contributed by atoms with Crippen LogP contribution in [0.4, 0.5) is 4.79 Å². The number of phenolic OH excluding ortho intramolecular Hbond substituents is 1. The molecule has 8 nitrogen and oxygen atoms in total. The molecule has 0 aliphatic carbocycles. The van der Waals surface area contributed by atoms with Crippen molar-refractivity contribution in [3.05, 3.63) is 35.0 Å². The minimum absolute atomic E-state index is 0.0178. The molecule has 1 atom stereocenters. The van der Waals surface area contributed by atoms with E-state index in [2.05, 4.69) is 10.6 Å². The molecule has 1 aliphatic rings. The van der Waals surface area contributed by atoms with Gasteiger partial charge < -0.3 is 30.0 Å². The molecule has 25 heavy (non-hydrogen) atoms. The Morgan fingerprint density at radius 2 is 2.08 bits per heavy atom. The third-order valence-corrected chi connectivity index (χ3v) is 3.63. The summed E-state index contributed by atoms with van der Waals surface area (Å²) in [5.41, 5.74) is 1.28. The molecular weight excluding hydrogens is 328 g/mol. The van der Waals surface area contributed by atoms with Crippen LogP contribution in [-0.4, -0.2) is 44.0 Å². The zero-order chi connectivity index (χ0) is 18.4. The van der Waals surface area contributed by atoms with E-state index in [4.69, 9.17) is 14.2 Å². The van der Waals surface area contributed by atoms with Crippen LogP contribution in [0.25, 0.3) is 0 Å². The van der Waals surface area contributed by atoms with E-state index in [-0.39, 0.29) is 30.3 Å². The van der Waals surface area contributed by atoms with E-state index in [0.717, 1.165) is 0 Å². The molecule has 136 valence electrons. The first-order chi connectivity index (χ1) is 12.0. The number of aromatic hydroxyl groups is 1. The third-order valence-electron chi connectivity index (χ3n) is 3.63. The zero-order valence-electron chi connectivity index (χ0n) is 14.4. The van der Waals surface area contributed by atoms with Crippen LogP contribution < -0.4 is 15.4 Å². The highest BCUT2D eigenvalue weighted by Gasteiger charge is 2.32. The second kappa shape index (κ2) is 8.39. The third kappa shape index (κ3) is 4.42. The fraction of sp³-hybridized carbons (Fsp3) is 0.412. The summed E-state index contributed by atoms with van der Waals surface area (Å²) in [6.07, 6.45) is 0. The molecule has 2 amide bonds. The molecule has 0 fully saturated rings. The van der Waals surface area contributed by atoms with Crippen LogP contribution >= 0.6 is 0 Å². The number of methoxy groups -OCH3 is 1. The van der Waals surface area contributed by atoms with E-state index in [9.17, 15) is 14.7 Å². The largest absolute Gasteiger partial charge is 0.504 e. The maximum atomic E-state index is 12.4. The summed E-state index contributed by atoms with van der Waals surface area (Å²) in [4.78, 5) is 24.3. The highest BCUT2D eigenvalue weighted by molar-refractivity contribution is 5.95. The van der Waals surface area contributed by atoms with Crippen LogP contribution in [0.1, 0.15) is 25.5 Å². The van der Waals surface area contributed by atoms with Crippen molar-refractivity contribution in [3.63, 3.8) is 0 Å². The SMILES string of the molecule is CCOc1cc(C2NC(=O)NC(C)=C2C(=O)OCCOC)ccc1O. The van der Waals surface area contributed by atoms with Crippen molar-refractivity contribution >= 4 is 12.0 Å². The second-order valence-electron chi connectivity index (χ2n) is 5.36. The van der Waals surface area contributed by atoms with Gasteiger partial charge in [0.15, 0.2) is 11.5 Å². The molecule has 0 saturated carbocycles. The fourth-order valence-corrected chi connectivity index (χ4v) is 2.49. The Hall–Kier alpha value is -2.74. The molecule has 1 aliphatic heterocycles. The summed E-state index contributed by atoms with van der Waals surface area (Å²) in [7, 11) is 1.51. The quantitative estimate of drug-likeness (QED) is 0.509. The zero-order valence-corrected chi connectivity index (χ0v) is 14.4. The number of hydrogen-bond acceptors (Lipinski definition) is 6. The van der Waals surface area contributed by atoms with Gasteiger partial charge >= 0.3 is 12.0 Å². The lowest BCUT2D eigenvalue weighted by Gasteiger charge is -2.28. The number of nitrogens with one attached hydrogen (secondary N) is 2. The molecule has 1 aromatic rings. The Kier molecular flexibility index (Phi) is 6.24. The van der Waals surface area contributed by atoms with Crippen LogP contribution in [0.2, 0.25) is 0 Å². The highest BCUT2D eigenvalue weighted by Crippen LogP contribution is 2.33. The molecular formula is C17H22N2O6. The monoisotopic (exact) mass is 350 g/mol. The van der Waals surface area contributed by atoms with Gasteiger partial charge in [0.1, 0.15) is 6.61 Å². The maximum absolute atomic E-state index is 12.4. The number of esters is 1. The number of carbonyl (C=O) groups excluding carboxylic acids is 2. The number of hydrogen-bond donors (Lipinski definition) is 3. The van der Waals surface area contributed by atoms with Crippen molar-refractivity contribution in [2.75, 3.05) is 26.9 Å². The Morgan fingerprint density at radius 3 is 2.76 bits per heavy atom. The van der Waals surface area contributed by atoms with E-state index < -0.39 is 18.0 Å². The summed E-state index contributed by atoms with van der Waals surface area (Å²) >= 11 is 0. The van der Waals surface area contributed by atoms with Gasteiger partial charge in [-0.15, -0.1) is 0 Å². The van der Waals surface area contributed by atoms with E-state index in [1.807, 2.05) is 0 Å². The highest BCUT2D eigenvalue weighted by atomic mass is 16.6. The Labute approximate surface area is 145 Å². The first kappa shape index (κ1) is 18.6. The van der Waals surface area contributed by atoms with Gasteiger partial charge in [-0.25, -0.2) is 9.59 Å². The maximum Gasteiger partial charge on any atom is 0.338 e. The van der Waals surface area contributed by atoms with E-state index >= 15 is 0 Å². The molecule has 0 radical (unpaired) electrons. The average Bonchev–Trinajstić information content (AvgIpc) is 2.56. The molecule has 0 bridgehead atoms. The number of amides is 2. The first-order valence-electron chi connectivity index (χ1n) is 7.88. The standard InChI is InChI=1S/C17H22N2O6/c1-4-24-13-9-11(5-6-12(13)20)15-14(10(2)18-17(22)19-15)16(21)25-8-7-23-3/h5-6,9,15,20H,4,7-8H2,1-3H3,(H2,18,19,22). The molecule has 0 spiro atoms. The van der Waals surface area contributed by atoms with E-state index in [1.54, 1.807) is 26.0 Å². The topological polar surface area (TPSA) is 106 Å². The predicted octanol–water partition coefficient (Wildman–Crippen LogP) is 1.61. The van der Waals surface area contributed by atoms with Gasteiger partial charge in [-0.05, 0) is 31.5 Å². The minimum Gasteiger partial charge on any atom is -0.504 e. The summed E-state index contributed by atoms with van der Waals surface area (Å²) in [6.45, 7) is 4.17. The molecule has 8 heteroatoms. The Morgan fingerprint density at radius 1 is 1.32 bits per heavy atom. The molecule has 3 N–H and O–H groups in total. The van der Waals surface area contributed by atoms with Crippen LogP contribution in [-0.2, 0) is 14.3 Å².